The molecule has 2 N–H and O–H groups in total. The molecule has 0 bridgehead atoms. The zero-order valence-corrected chi connectivity index (χ0v) is 19.5. The van der Waals surface area contributed by atoms with Gasteiger partial charge in [0.15, 0.2) is 5.96 Å². The predicted octanol–water partition coefficient (Wildman–Crippen LogP) is 3.89. The molecule has 0 spiro atoms. The Labute approximate surface area is 186 Å². The third-order valence-corrected chi connectivity index (χ3v) is 5.95. The number of halogens is 1. The molecule has 7 heteroatoms. The summed E-state index contributed by atoms with van der Waals surface area (Å²) in [5.74, 6) is 1.57. The van der Waals surface area contributed by atoms with E-state index in [2.05, 4.69) is 26.7 Å². The summed E-state index contributed by atoms with van der Waals surface area (Å²) < 4.78 is 11.2. The molecule has 0 saturated heterocycles. The molecule has 0 aliphatic heterocycles. The highest BCUT2D eigenvalue weighted by atomic mass is 127. The van der Waals surface area contributed by atoms with Crippen molar-refractivity contribution >= 4 is 29.9 Å². The second kappa shape index (κ2) is 11.8. The van der Waals surface area contributed by atoms with E-state index in [1.54, 1.807) is 7.11 Å². The maximum Gasteiger partial charge on any atom is 0.213 e. The molecule has 3 rings (SSSR count). The van der Waals surface area contributed by atoms with Gasteiger partial charge in [0.2, 0.25) is 5.88 Å². The maximum atomic E-state index is 5.93. The van der Waals surface area contributed by atoms with E-state index in [1.807, 2.05) is 19.3 Å². The van der Waals surface area contributed by atoms with Crippen molar-refractivity contribution in [3.05, 3.63) is 23.9 Å². The number of aromatic nitrogens is 1. The van der Waals surface area contributed by atoms with Crippen molar-refractivity contribution in [3.63, 3.8) is 0 Å². The number of nitrogens with one attached hydrogen (secondary N) is 2. The molecule has 1 aromatic rings. The standard InChI is InChI=1S/C21H34N4O2.HI/c1-22-20(25-16-21(10-5-11-21)12-13-26-2)24-15-17-8-9-19(23-14-17)27-18-6-3-4-7-18;/h8-9,14,18H,3-7,10-13,15-16H2,1-2H3,(H2,22,24,25);1H. The first-order chi connectivity index (χ1) is 13.2. The number of pyridine rings is 1. The van der Waals surface area contributed by atoms with Gasteiger partial charge in [0, 0.05) is 46.1 Å². The molecule has 28 heavy (non-hydrogen) atoms. The van der Waals surface area contributed by atoms with Gasteiger partial charge in [-0.25, -0.2) is 4.98 Å². The minimum absolute atomic E-state index is 0. The van der Waals surface area contributed by atoms with Gasteiger partial charge in [0.25, 0.3) is 0 Å². The fraction of sp³-hybridized carbons (Fsp3) is 0.714. The van der Waals surface area contributed by atoms with E-state index < -0.39 is 0 Å². The van der Waals surface area contributed by atoms with E-state index in [9.17, 15) is 0 Å². The molecule has 1 heterocycles. The average Bonchev–Trinajstić information content (AvgIpc) is 3.17. The Morgan fingerprint density at radius 2 is 2.00 bits per heavy atom. The number of hydrogen-bond acceptors (Lipinski definition) is 4. The molecule has 0 aromatic carbocycles. The van der Waals surface area contributed by atoms with Gasteiger partial charge < -0.3 is 20.1 Å². The molecular formula is C21H35IN4O2. The van der Waals surface area contributed by atoms with Crippen molar-refractivity contribution in [1.82, 2.24) is 15.6 Å². The molecule has 2 saturated carbocycles. The lowest BCUT2D eigenvalue weighted by atomic mass is 9.67. The van der Waals surface area contributed by atoms with Crippen LogP contribution in [-0.4, -0.2) is 44.4 Å². The quantitative estimate of drug-likeness (QED) is 0.305. The summed E-state index contributed by atoms with van der Waals surface area (Å²) in [6.45, 7) is 2.47. The monoisotopic (exact) mass is 502 g/mol. The van der Waals surface area contributed by atoms with Crippen LogP contribution in [0.3, 0.4) is 0 Å². The first-order valence-corrected chi connectivity index (χ1v) is 10.3. The second-order valence-electron chi connectivity index (χ2n) is 7.90. The largest absolute Gasteiger partial charge is 0.474 e. The van der Waals surface area contributed by atoms with Gasteiger partial charge >= 0.3 is 0 Å². The van der Waals surface area contributed by atoms with E-state index in [-0.39, 0.29) is 24.0 Å². The first-order valence-electron chi connectivity index (χ1n) is 10.3. The molecule has 6 nitrogen and oxygen atoms in total. The highest BCUT2D eigenvalue weighted by molar-refractivity contribution is 14.0. The van der Waals surface area contributed by atoms with Gasteiger partial charge in [-0.3, -0.25) is 4.99 Å². The summed E-state index contributed by atoms with van der Waals surface area (Å²) in [4.78, 5) is 8.80. The Kier molecular flexibility index (Phi) is 9.77. The number of methoxy groups -OCH3 is 1. The van der Waals surface area contributed by atoms with Crippen LogP contribution in [0.15, 0.2) is 23.3 Å². The third-order valence-electron chi connectivity index (χ3n) is 5.95. The highest BCUT2D eigenvalue weighted by Gasteiger charge is 2.36. The van der Waals surface area contributed by atoms with E-state index in [0.717, 1.165) is 49.8 Å². The molecule has 0 unspecified atom stereocenters. The zero-order valence-electron chi connectivity index (χ0n) is 17.2. The SMILES string of the molecule is CN=C(NCc1ccc(OC2CCCC2)nc1)NCC1(CCOC)CCC1.I. The van der Waals surface area contributed by atoms with E-state index in [4.69, 9.17) is 9.47 Å². The molecule has 0 amide bonds. The van der Waals surface area contributed by atoms with Gasteiger partial charge in [0.05, 0.1) is 0 Å². The van der Waals surface area contributed by atoms with Crippen LogP contribution in [0.5, 0.6) is 5.88 Å². The van der Waals surface area contributed by atoms with E-state index in [0.29, 0.717) is 18.1 Å². The average molecular weight is 502 g/mol. The van der Waals surface area contributed by atoms with E-state index in [1.165, 1.54) is 32.1 Å². The predicted molar refractivity (Wildman–Crippen MR) is 124 cm³/mol. The number of rotatable bonds is 9. The minimum Gasteiger partial charge on any atom is -0.474 e. The van der Waals surface area contributed by atoms with Crippen LogP contribution in [0.25, 0.3) is 0 Å². The number of nitrogens with zero attached hydrogens (tertiary/aromatic N) is 2. The Hall–Kier alpha value is -1.09. The van der Waals surface area contributed by atoms with Crippen molar-refractivity contribution in [2.24, 2.45) is 10.4 Å². The van der Waals surface area contributed by atoms with Crippen LogP contribution >= 0.6 is 24.0 Å². The van der Waals surface area contributed by atoms with Gasteiger partial charge in [-0.2, -0.15) is 0 Å². The lowest BCUT2D eigenvalue weighted by molar-refractivity contribution is 0.0732. The van der Waals surface area contributed by atoms with Gasteiger partial charge in [-0.05, 0) is 55.9 Å². The fourth-order valence-corrected chi connectivity index (χ4v) is 3.95. The summed E-state index contributed by atoms with van der Waals surface area (Å²) in [5, 5.41) is 6.87. The lowest BCUT2D eigenvalue weighted by Gasteiger charge is -2.42. The number of hydrogen-bond donors (Lipinski definition) is 2. The fourth-order valence-electron chi connectivity index (χ4n) is 3.95. The minimum atomic E-state index is 0. The van der Waals surface area contributed by atoms with E-state index >= 15 is 0 Å². The molecule has 1 aromatic heterocycles. The van der Waals surface area contributed by atoms with Crippen LogP contribution in [0.2, 0.25) is 0 Å². The van der Waals surface area contributed by atoms with Crippen molar-refractivity contribution in [1.29, 1.82) is 0 Å². The Balaban J connectivity index is 0.00000280. The third kappa shape index (κ3) is 6.76. The summed E-state index contributed by atoms with van der Waals surface area (Å²) in [6.07, 6.45) is 12.0. The second-order valence-corrected chi connectivity index (χ2v) is 7.90. The van der Waals surface area contributed by atoms with Crippen molar-refractivity contribution in [3.8, 4) is 5.88 Å². The van der Waals surface area contributed by atoms with Crippen LogP contribution < -0.4 is 15.4 Å². The number of ether oxygens (including phenoxy) is 2. The van der Waals surface area contributed by atoms with Crippen LogP contribution in [0.4, 0.5) is 0 Å². The molecule has 158 valence electrons. The molecular weight excluding hydrogens is 467 g/mol. The normalized spacial score (nSPS) is 18.9. The molecule has 0 radical (unpaired) electrons. The maximum absolute atomic E-state index is 5.93. The number of aliphatic imine (C=N–C) groups is 1. The summed E-state index contributed by atoms with van der Waals surface area (Å²) in [7, 11) is 3.59. The Morgan fingerprint density at radius 1 is 1.21 bits per heavy atom. The molecule has 2 aliphatic rings. The Bertz CT molecular complexity index is 599. The summed E-state index contributed by atoms with van der Waals surface area (Å²) in [6, 6.07) is 4.04. The number of guanidine groups is 1. The lowest BCUT2D eigenvalue weighted by Crippen LogP contribution is -2.46. The molecule has 2 fully saturated rings. The molecule has 2 aliphatic carbocycles. The first kappa shape index (κ1) is 23.2. The smallest absolute Gasteiger partial charge is 0.213 e. The van der Waals surface area contributed by atoms with Crippen LogP contribution in [0, 0.1) is 5.41 Å². The van der Waals surface area contributed by atoms with Crippen molar-refractivity contribution < 1.29 is 9.47 Å². The van der Waals surface area contributed by atoms with Crippen LogP contribution in [-0.2, 0) is 11.3 Å². The van der Waals surface area contributed by atoms with Gasteiger partial charge in [-0.15, -0.1) is 24.0 Å². The topological polar surface area (TPSA) is 67.8 Å². The van der Waals surface area contributed by atoms with Gasteiger partial charge in [-0.1, -0.05) is 12.5 Å². The Morgan fingerprint density at radius 3 is 2.57 bits per heavy atom. The molecule has 0 atom stereocenters. The summed E-state index contributed by atoms with van der Waals surface area (Å²) >= 11 is 0. The summed E-state index contributed by atoms with van der Waals surface area (Å²) in [5.41, 5.74) is 1.49. The van der Waals surface area contributed by atoms with Crippen molar-refractivity contribution in [2.45, 2.75) is 64.0 Å². The van der Waals surface area contributed by atoms with Crippen molar-refractivity contribution in [2.75, 3.05) is 27.3 Å². The van der Waals surface area contributed by atoms with Gasteiger partial charge in [0.1, 0.15) is 6.10 Å². The zero-order chi connectivity index (χ0) is 19.0. The highest BCUT2D eigenvalue weighted by Crippen LogP contribution is 2.43. The van der Waals surface area contributed by atoms with Crippen LogP contribution in [0.1, 0.15) is 56.9 Å².